The summed E-state index contributed by atoms with van der Waals surface area (Å²) in [6.45, 7) is -0.798. The second-order valence-corrected chi connectivity index (χ2v) is 3.19. The Labute approximate surface area is 81.6 Å². The van der Waals surface area contributed by atoms with Crippen LogP contribution in [0.4, 0.5) is 13.2 Å². The van der Waals surface area contributed by atoms with Gasteiger partial charge < -0.3 is 4.74 Å². The molecule has 0 spiro atoms. The van der Waals surface area contributed by atoms with Crippen molar-refractivity contribution in [2.45, 2.75) is 6.43 Å². The molecule has 1 aromatic carbocycles. The first-order chi connectivity index (χ1) is 6.09. The van der Waals surface area contributed by atoms with Crippen molar-refractivity contribution < 1.29 is 17.9 Å². The van der Waals surface area contributed by atoms with Crippen LogP contribution in [0, 0.1) is 5.82 Å². The third kappa shape index (κ3) is 3.26. The van der Waals surface area contributed by atoms with Gasteiger partial charge in [-0.05, 0) is 18.2 Å². The number of benzene rings is 1. The normalized spacial score (nSPS) is 10.5. The minimum atomic E-state index is -2.60. The summed E-state index contributed by atoms with van der Waals surface area (Å²) >= 11 is 3.07. The molecule has 1 aromatic rings. The summed E-state index contributed by atoms with van der Waals surface area (Å²) in [5.74, 6) is -0.821. The van der Waals surface area contributed by atoms with Gasteiger partial charge >= 0.3 is 0 Å². The van der Waals surface area contributed by atoms with Crippen LogP contribution >= 0.6 is 15.9 Å². The molecular weight excluding hydrogens is 249 g/mol. The average molecular weight is 255 g/mol. The number of rotatable bonds is 3. The molecule has 0 aromatic heterocycles. The molecule has 0 N–H and O–H groups in total. The van der Waals surface area contributed by atoms with E-state index in [-0.39, 0.29) is 5.75 Å². The summed E-state index contributed by atoms with van der Waals surface area (Å²) < 4.78 is 41.3. The minimum Gasteiger partial charge on any atom is -0.485 e. The second kappa shape index (κ2) is 4.50. The molecule has 5 heteroatoms. The third-order valence-electron chi connectivity index (χ3n) is 1.26. The van der Waals surface area contributed by atoms with Gasteiger partial charge in [-0.25, -0.2) is 13.2 Å². The van der Waals surface area contributed by atoms with Crippen molar-refractivity contribution in [2.24, 2.45) is 0 Å². The van der Waals surface area contributed by atoms with E-state index in [0.717, 1.165) is 6.07 Å². The lowest BCUT2D eigenvalue weighted by atomic mass is 10.3. The molecule has 0 radical (unpaired) electrons. The standard InChI is InChI=1S/C8H6BrF3O/c9-5-1-2-6(10)7(3-5)13-4-8(11)12/h1-3,8H,4H2. The SMILES string of the molecule is Fc1ccc(Br)cc1OCC(F)F. The smallest absolute Gasteiger partial charge is 0.272 e. The van der Waals surface area contributed by atoms with Crippen LogP contribution in [-0.2, 0) is 0 Å². The molecule has 0 bridgehead atoms. The Balaban J connectivity index is 2.70. The Hall–Kier alpha value is -0.710. The first kappa shape index (κ1) is 10.4. The van der Waals surface area contributed by atoms with E-state index < -0.39 is 18.8 Å². The van der Waals surface area contributed by atoms with Gasteiger partial charge in [0.1, 0.15) is 6.61 Å². The lowest BCUT2D eigenvalue weighted by molar-refractivity contribution is 0.0799. The Kier molecular flexibility index (Phi) is 3.59. The quantitative estimate of drug-likeness (QED) is 0.805. The average Bonchev–Trinajstić information content (AvgIpc) is 2.06. The van der Waals surface area contributed by atoms with Gasteiger partial charge in [-0.2, -0.15) is 0 Å². The van der Waals surface area contributed by atoms with Gasteiger partial charge in [0.25, 0.3) is 6.43 Å². The molecule has 0 aliphatic heterocycles. The highest BCUT2D eigenvalue weighted by molar-refractivity contribution is 9.10. The maximum Gasteiger partial charge on any atom is 0.272 e. The highest BCUT2D eigenvalue weighted by atomic mass is 79.9. The molecule has 0 amide bonds. The van der Waals surface area contributed by atoms with E-state index in [2.05, 4.69) is 20.7 Å². The van der Waals surface area contributed by atoms with Gasteiger partial charge in [0, 0.05) is 4.47 Å². The number of halogens is 4. The van der Waals surface area contributed by atoms with Crippen molar-refractivity contribution >= 4 is 15.9 Å². The van der Waals surface area contributed by atoms with Crippen molar-refractivity contribution in [2.75, 3.05) is 6.61 Å². The number of hydrogen-bond acceptors (Lipinski definition) is 1. The first-order valence-electron chi connectivity index (χ1n) is 3.45. The van der Waals surface area contributed by atoms with Crippen LogP contribution in [0.5, 0.6) is 5.75 Å². The molecule has 0 unspecified atom stereocenters. The maximum absolute atomic E-state index is 12.8. The molecule has 0 saturated heterocycles. The van der Waals surface area contributed by atoms with Crippen LogP contribution < -0.4 is 4.74 Å². The molecule has 0 aliphatic carbocycles. The zero-order valence-electron chi connectivity index (χ0n) is 6.44. The summed E-state index contributed by atoms with van der Waals surface area (Å²) in [4.78, 5) is 0. The van der Waals surface area contributed by atoms with Crippen molar-refractivity contribution in [3.05, 3.63) is 28.5 Å². The molecule has 0 fully saturated rings. The maximum atomic E-state index is 12.8. The first-order valence-corrected chi connectivity index (χ1v) is 4.25. The molecule has 0 atom stereocenters. The monoisotopic (exact) mass is 254 g/mol. The van der Waals surface area contributed by atoms with E-state index in [4.69, 9.17) is 0 Å². The minimum absolute atomic E-state index is 0.172. The van der Waals surface area contributed by atoms with Gasteiger partial charge in [-0.15, -0.1) is 0 Å². The molecule has 72 valence electrons. The number of hydrogen-bond donors (Lipinski definition) is 0. The molecule has 0 aliphatic rings. The van der Waals surface area contributed by atoms with E-state index >= 15 is 0 Å². The van der Waals surface area contributed by atoms with Crippen LogP contribution in [0.3, 0.4) is 0 Å². The van der Waals surface area contributed by atoms with Crippen LogP contribution in [0.2, 0.25) is 0 Å². The van der Waals surface area contributed by atoms with Crippen LogP contribution in [0.15, 0.2) is 22.7 Å². The fourth-order valence-electron chi connectivity index (χ4n) is 0.741. The fraction of sp³-hybridized carbons (Fsp3) is 0.250. The summed E-state index contributed by atoms with van der Waals surface area (Å²) in [6.07, 6.45) is -2.60. The summed E-state index contributed by atoms with van der Waals surface area (Å²) in [7, 11) is 0. The molecule has 13 heavy (non-hydrogen) atoms. The third-order valence-corrected chi connectivity index (χ3v) is 1.75. The predicted octanol–water partition coefficient (Wildman–Crippen LogP) is 3.23. The van der Waals surface area contributed by atoms with Crippen molar-refractivity contribution in [1.29, 1.82) is 0 Å². The summed E-state index contributed by atoms with van der Waals surface area (Å²) in [6, 6.07) is 3.91. The van der Waals surface area contributed by atoms with Crippen LogP contribution in [0.25, 0.3) is 0 Å². The van der Waals surface area contributed by atoms with E-state index in [9.17, 15) is 13.2 Å². The largest absolute Gasteiger partial charge is 0.485 e. The van der Waals surface area contributed by atoms with Gasteiger partial charge in [-0.3, -0.25) is 0 Å². The Bertz CT molecular complexity index is 291. The molecule has 1 rings (SSSR count). The van der Waals surface area contributed by atoms with Gasteiger partial charge in [-0.1, -0.05) is 15.9 Å². The zero-order chi connectivity index (χ0) is 9.84. The molecule has 0 heterocycles. The topological polar surface area (TPSA) is 9.23 Å². The second-order valence-electron chi connectivity index (χ2n) is 2.28. The zero-order valence-corrected chi connectivity index (χ0v) is 8.02. The summed E-state index contributed by atoms with van der Waals surface area (Å²) in [5.41, 5.74) is 0. The Morgan fingerprint density at radius 3 is 2.69 bits per heavy atom. The van der Waals surface area contributed by atoms with Crippen LogP contribution in [-0.4, -0.2) is 13.0 Å². The highest BCUT2D eigenvalue weighted by Gasteiger charge is 2.07. The van der Waals surface area contributed by atoms with Gasteiger partial charge in [0.2, 0.25) is 0 Å². The van der Waals surface area contributed by atoms with Crippen LogP contribution in [0.1, 0.15) is 0 Å². The van der Waals surface area contributed by atoms with E-state index in [1.165, 1.54) is 12.1 Å². The van der Waals surface area contributed by atoms with E-state index in [1.807, 2.05) is 0 Å². The lowest BCUT2D eigenvalue weighted by Crippen LogP contribution is -2.07. The number of ether oxygens (including phenoxy) is 1. The summed E-state index contributed by atoms with van der Waals surface area (Å²) in [5, 5.41) is 0. The van der Waals surface area contributed by atoms with Crippen molar-refractivity contribution in [3.63, 3.8) is 0 Å². The lowest BCUT2D eigenvalue weighted by Gasteiger charge is -2.06. The van der Waals surface area contributed by atoms with Gasteiger partial charge in [0.05, 0.1) is 0 Å². The number of alkyl halides is 2. The fourth-order valence-corrected chi connectivity index (χ4v) is 1.08. The highest BCUT2D eigenvalue weighted by Crippen LogP contribution is 2.22. The molecule has 0 saturated carbocycles. The molecule has 1 nitrogen and oxygen atoms in total. The van der Waals surface area contributed by atoms with E-state index in [1.54, 1.807) is 0 Å². The Morgan fingerprint density at radius 1 is 1.38 bits per heavy atom. The molecular formula is C8H6BrF3O. The van der Waals surface area contributed by atoms with Gasteiger partial charge in [0.15, 0.2) is 11.6 Å². The van der Waals surface area contributed by atoms with Crippen molar-refractivity contribution in [1.82, 2.24) is 0 Å². The predicted molar refractivity (Wildman–Crippen MR) is 45.6 cm³/mol. The Morgan fingerprint density at radius 2 is 2.08 bits per heavy atom. The van der Waals surface area contributed by atoms with E-state index in [0.29, 0.717) is 4.47 Å². The van der Waals surface area contributed by atoms with Crippen molar-refractivity contribution in [3.8, 4) is 5.75 Å².